The molecule has 1 N–H and O–H groups in total. The fourth-order valence-electron chi connectivity index (χ4n) is 4.65. The van der Waals surface area contributed by atoms with Gasteiger partial charge in [0.05, 0.1) is 29.3 Å². The molecule has 6 aromatic rings. The molecule has 2 heterocycles. The van der Waals surface area contributed by atoms with E-state index < -0.39 is 5.97 Å². The number of para-hydroxylation sites is 2. The Morgan fingerprint density at radius 2 is 1.86 bits per heavy atom. The van der Waals surface area contributed by atoms with Gasteiger partial charge in [0.25, 0.3) is 5.56 Å². The van der Waals surface area contributed by atoms with Crippen LogP contribution in [0.4, 0.5) is 0 Å². The number of carbonyl (C=O) groups is 1. The van der Waals surface area contributed by atoms with Gasteiger partial charge < -0.3 is 19.0 Å². The second kappa shape index (κ2) is 12.4. The van der Waals surface area contributed by atoms with Crippen LogP contribution < -0.4 is 15.0 Å². The first kappa shape index (κ1) is 29.2. The van der Waals surface area contributed by atoms with Crippen molar-refractivity contribution < 1.29 is 23.8 Å². The van der Waals surface area contributed by atoms with E-state index in [4.69, 9.17) is 30.5 Å². The Morgan fingerprint density at radius 1 is 1.07 bits per heavy atom. The molecular formula is C33H23BrClN3O6. The first-order valence-electron chi connectivity index (χ1n) is 13.5. The lowest BCUT2D eigenvalue weighted by Gasteiger charge is -2.16. The molecule has 0 unspecified atom stereocenters. The number of nitrogens with zero attached hydrogens (tertiary/aromatic N) is 3. The monoisotopic (exact) mass is 671 g/mol. The van der Waals surface area contributed by atoms with E-state index in [9.17, 15) is 14.7 Å². The summed E-state index contributed by atoms with van der Waals surface area (Å²) in [6.45, 7) is 2.20. The van der Waals surface area contributed by atoms with Gasteiger partial charge in [0.1, 0.15) is 17.2 Å². The highest BCUT2D eigenvalue weighted by atomic mass is 79.9. The minimum Gasteiger partial charge on any atom is -0.490 e. The molecule has 0 fully saturated rings. The van der Waals surface area contributed by atoms with E-state index in [-0.39, 0.29) is 34.3 Å². The normalized spacial score (nSPS) is 11.4. The molecule has 4 aromatic carbocycles. The lowest BCUT2D eigenvalue weighted by atomic mass is 10.1. The van der Waals surface area contributed by atoms with Crippen molar-refractivity contribution in [1.29, 1.82) is 0 Å². The van der Waals surface area contributed by atoms with Crippen LogP contribution in [0.2, 0.25) is 5.02 Å². The molecule has 0 spiro atoms. The average molecular weight is 673 g/mol. The molecule has 220 valence electrons. The molecule has 0 atom stereocenters. The van der Waals surface area contributed by atoms with Crippen LogP contribution in [0.1, 0.15) is 28.4 Å². The smallest absolute Gasteiger partial charge is 0.335 e. The van der Waals surface area contributed by atoms with Gasteiger partial charge in [0.2, 0.25) is 5.82 Å². The summed E-state index contributed by atoms with van der Waals surface area (Å²) in [5, 5.41) is 15.3. The second-order valence-corrected chi connectivity index (χ2v) is 10.8. The van der Waals surface area contributed by atoms with Crippen LogP contribution in [0.25, 0.3) is 33.5 Å². The topological polar surface area (TPSA) is 116 Å². The highest BCUT2D eigenvalue weighted by Crippen LogP contribution is 2.42. The van der Waals surface area contributed by atoms with Crippen molar-refractivity contribution in [2.24, 2.45) is 5.10 Å². The molecular weight excluding hydrogens is 650 g/mol. The number of ether oxygens (including phenoxy) is 2. The Kier molecular flexibility index (Phi) is 8.19. The molecule has 11 heteroatoms. The van der Waals surface area contributed by atoms with Crippen LogP contribution in [-0.4, -0.2) is 33.6 Å². The molecule has 2 aromatic heterocycles. The summed E-state index contributed by atoms with van der Waals surface area (Å²) in [7, 11) is 0. The number of aromatic carboxylic acids is 1. The van der Waals surface area contributed by atoms with Crippen molar-refractivity contribution in [3.05, 3.63) is 121 Å². The molecule has 44 heavy (non-hydrogen) atoms. The Hall–Kier alpha value is -4.93. The molecule has 0 saturated heterocycles. The highest BCUT2D eigenvalue weighted by molar-refractivity contribution is 9.10. The van der Waals surface area contributed by atoms with E-state index in [0.717, 1.165) is 5.39 Å². The second-order valence-electron chi connectivity index (χ2n) is 9.61. The lowest BCUT2D eigenvalue weighted by Crippen LogP contribution is -2.20. The SMILES string of the molecule is CCOc1cc(C=Nn2c(-c3cc4ccccc4o3)nc3ccccc3c2=O)c(Br)c(Cl)c1OCc1cccc(C(=O)O)c1. The minimum absolute atomic E-state index is 0.0554. The quantitative estimate of drug-likeness (QED) is 0.156. The fourth-order valence-corrected chi connectivity index (χ4v) is 5.30. The first-order chi connectivity index (χ1) is 21.3. The standard InChI is InChI=1S/C33H23BrClN3O6/c1-2-42-26-16-22(28(34)29(35)30(26)43-18-19-8-7-10-21(14-19)33(40)41)17-36-38-31(27-15-20-9-3-6-13-25(20)44-27)37-24-12-5-4-11-23(24)32(38)39/h3-17H,2,18H2,1H3,(H,40,41). The maximum absolute atomic E-state index is 13.7. The zero-order valence-electron chi connectivity index (χ0n) is 23.2. The average Bonchev–Trinajstić information content (AvgIpc) is 3.47. The molecule has 0 aliphatic carbocycles. The summed E-state index contributed by atoms with van der Waals surface area (Å²) in [6, 6.07) is 24.5. The van der Waals surface area contributed by atoms with Crippen LogP contribution in [-0.2, 0) is 6.61 Å². The maximum Gasteiger partial charge on any atom is 0.335 e. The zero-order valence-corrected chi connectivity index (χ0v) is 25.5. The van der Waals surface area contributed by atoms with Gasteiger partial charge in [-0.3, -0.25) is 4.79 Å². The van der Waals surface area contributed by atoms with Crippen molar-refractivity contribution in [2.75, 3.05) is 6.61 Å². The third-order valence-electron chi connectivity index (χ3n) is 6.72. The molecule has 0 saturated carbocycles. The van der Waals surface area contributed by atoms with Gasteiger partial charge in [-0.15, -0.1) is 0 Å². The molecule has 9 nitrogen and oxygen atoms in total. The molecule has 0 amide bonds. The number of carboxylic acids is 1. The Balaban J connectivity index is 1.41. The largest absolute Gasteiger partial charge is 0.490 e. The molecule has 6 rings (SSSR count). The van der Waals surface area contributed by atoms with E-state index in [1.165, 1.54) is 23.0 Å². The molecule has 0 radical (unpaired) electrons. The number of benzene rings is 4. The van der Waals surface area contributed by atoms with Crippen molar-refractivity contribution in [1.82, 2.24) is 9.66 Å². The number of carboxylic acid groups (broad SMARTS) is 1. The molecule has 0 bridgehead atoms. The van der Waals surface area contributed by atoms with E-state index in [2.05, 4.69) is 21.0 Å². The highest BCUT2D eigenvalue weighted by Gasteiger charge is 2.20. The lowest BCUT2D eigenvalue weighted by molar-refractivity contribution is 0.0696. The maximum atomic E-state index is 13.7. The number of rotatable bonds is 9. The van der Waals surface area contributed by atoms with Gasteiger partial charge in [-0.05, 0) is 70.9 Å². The van der Waals surface area contributed by atoms with Crippen molar-refractivity contribution >= 4 is 61.6 Å². The summed E-state index contributed by atoms with van der Waals surface area (Å²) in [4.78, 5) is 29.8. The summed E-state index contributed by atoms with van der Waals surface area (Å²) in [5.74, 6) is 0.199. The number of aromatic nitrogens is 2. The van der Waals surface area contributed by atoms with Gasteiger partial charge in [-0.1, -0.05) is 54.1 Å². The third kappa shape index (κ3) is 5.69. The number of halogens is 2. The zero-order chi connectivity index (χ0) is 30.8. The summed E-state index contributed by atoms with van der Waals surface area (Å²) in [5.41, 5.74) is 2.09. The van der Waals surface area contributed by atoms with Gasteiger partial charge in [-0.2, -0.15) is 9.78 Å². The fraction of sp³-hybridized carbons (Fsp3) is 0.0909. The number of hydrogen-bond acceptors (Lipinski definition) is 7. The predicted octanol–water partition coefficient (Wildman–Crippen LogP) is 7.78. The third-order valence-corrected chi connectivity index (χ3v) is 8.17. The Morgan fingerprint density at radius 3 is 2.66 bits per heavy atom. The van der Waals surface area contributed by atoms with E-state index in [1.54, 1.807) is 36.4 Å². The van der Waals surface area contributed by atoms with Gasteiger partial charge >= 0.3 is 5.97 Å². The van der Waals surface area contributed by atoms with Crippen molar-refractivity contribution in [3.8, 4) is 23.1 Å². The minimum atomic E-state index is -1.03. The van der Waals surface area contributed by atoms with Crippen LogP contribution in [0.3, 0.4) is 0 Å². The van der Waals surface area contributed by atoms with Crippen LogP contribution in [0.5, 0.6) is 11.5 Å². The van der Waals surface area contributed by atoms with E-state index >= 15 is 0 Å². The van der Waals surface area contributed by atoms with E-state index in [0.29, 0.717) is 50.2 Å². The van der Waals surface area contributed by atoms with Gasteiger partial charge in [0.15, 0.2) is 17.3 Å². The summed E-state index contributed by atoms with van der Waals surface area (Å²) < 4.78 is 19.5. The molecule has 0 aliphatic rings. The number of fused-ring (bicyclic) bond motifs is 2. The Labute approximate surface area is 264 Å². The van der Waals surface area contributed by atoms with Crippen molar-refractivity contribution in [3.63, 3.8) is 0 Å². The van der Waals surface area contributed by atoms with E-state index in [1.807, 2.05) is 43.3 Å². The summed E-state index contributed by atoms with van der Waals surface area (Å²) in [6.07, 6.45) is 1.47. The van der Waals surface area contributed by atoms with Crippen LogP contribution in [0.15, 0.2) is 104 Å². The molecule has 0 aliphatic heterocycles. The summed E-state index contributed by atoms with van der Waals surface area (Å²) >= 11 is 10.3. The number of furan rings is 1. The van der Waals surface area contributed by atoms with Crippen molar-refractivity contribution in [2.45, 2.75) is 13.5 Å². The first-order valence-corrected chi connectivity index (χ1v) is 14.7. The Bertz CT molecular complexity index is 2110. The van der Waals surface area contributed by atoms with Gasteiger partial charge in [0, 0.05) is 15.4 Å². The predicted molar refractivity (Wildman–Crippen MR) is 172 cm³/mol. The van der Waals surface area contributed by atoms with Crippen LogP contribution >= 0.6 is 27.5 Å². The number of hydrogen-bond donors (Lipinski definition) is 1. The van der Waals surface area contributed by atoms with Gasteiger partial charge in [-0.25, -0.2) is 9.78 Å². The van der Waals surface area contributed by atoms with Crippen LogP contribution in [0, 0.1) is 0 Å².